The molecule has 3 N–H and O–H groups in total. The monoisotopic (exact) mass is 234 g/mol. The van der Waals surface area contributed by atoms with Gasteiger partial charge < -0.3 is 19.9 Å². The number of hydrogen-bond donors (Lipinski definition) is 2. The van der Waals surface area contributed by atoms with E-state index in [9.17, 15) is 4.79 Å². The van der Waals surface area contributed by atoms with Crippen LogP contribution in [0.2, 0.25) is 0 Å². The summed E-state index contributed by atoms with van der Waals surface area (Å²) in [7, 11) is 1.86. The van der Waals surface area contributed by atoms with Crippen molar-refractivity contribution in [2.24, 2.45) is 12.8 Å². The number of nitrogens with two attached hydrogens (primary N) is 1. The van der Waals surface area contributed by atoms with Crippen LogP contribution in [0, 0.1) is 0 Å². The Hall–Kier alpha value is -2.15. The highest BCUT2D eigenvalue weighted by Crippen LogP contribution is 2.38. The van der Waals surface area contributed by atoms with Crippen molar-refractivity contribution < 1.29 is 14.4 Å². The topological polar surface area (TPSA) is 107 Å². The molecule has 0 spiro atoms. The molecular weight excluding hydrogens is 224 g/mol. The van der Waals surface area contributed by atoms with Crippen LogP contribution in [-0.4, -0.2) is 25.8 Å². The molecule has 0 aliphatic heterocycles. The standard InChI is InChI=1S/C10H10N4O3/c1-14-3-12-7-5(14)2-4(11)6-8(10(15)16)13-17-9(6)7/h3-4H,2,11H2,1H3,(H,15,16). The van der Waals surface area contributed by atoms with E-state index in [4.69, 9.17) is 15.4 Å². The fourth-order valence-corrected chi connectivity index (χ4v) is 2.16. The number of nitrogens with zero attached hydrogens (tertiary/aromatic N) is 3. The van der Waals surface area contributed by atoms with Gasteiger partial charge in [-0.3, -0.25) is 0 Å². The van der Waals surface area contributed by atoms with Gasteiger partial charge in [-0.1, -0.05) is 5.16 Å². The number of imidazole rings is 1. The summed E-state index contributed by atoms with van der Waals surface area (Å²) in [6.45, 7) is 0. The van der Waals surface area contributed by atoms with Crippen LogP contribution in [0.5, 0.6) is 0 Å². The minimum Gasteiger partial charge on any atom is -0.476 e. The summed E-state index contributed by atoms with van der Waals surface area (Å²) >= 11 is 0. The number of carbonyl (C=O) groups is 1. The van der Waals surface area contributed by atoms with E-state index in [1.54, 1.807) is 6.33 Å². The Labute approximate surface area is 95.8 Å². The highest BCUT2D eigenvalue weighted by atomic mass is 16.5. The fourth-order valence-electron chi connectivity index (χ4n) is 2.16. The van der Waals surface area contributed by atoms with Crippen LogP contribution in [0.4, 0.5) is 0 Å². The van der Waals surface area contributed by atoms with Crippen molar-refractivity contribution in [2.45, 2.75) is 12.5 Å². The first-order chi connectivity index (χ1) is 8.09. The van der Waals surface area contributed by atoms with E-state index in [0.29, 0.717) is 23.4 Å². The fraction of sp³-hybridized carbons (Fsp3) is 0.300. The summed E-state index contributed by atoms with van der Waals surface area (Å²) in [5, 5.41) is 12.5. The first-order valence-electron chi connectivity index (χ1n) is 5.08. The first kappa shape index (κ1) is 10.0. The van der Waals surface area contributed by atoms with E-state index >= 15 is 0 Å². The summed E-state index contributed by atoms with van der Waals surface area (Å²) in [6, 6.07) is -0.426. The molecule has 0 bridgehead atoms. The lowest BCUT2D eigenvalue weighted by molar-refractivity contribution is 0.0684. The molecular formula is C10H10N4O3. The van der Waals surface area contributed by atoms with Gasteiger partial charge in [0.2, 0.25) is 0 Å². The van der Waals surface area contributed by atoms with E-state index in [1.807, 2.05) is 11.6 Å². The van der Waals surface area contributed by atoms with Gasteiger partial charge in [0.1, 0.15) is 5.69 Å². The number of hydrogen-bond acceptors (Lipinski definition) is 5. The Morgan fingerprint density at radius 1 is 1.71 bits per heavy atom. The second-order valence-electron chi connectivity index (χ2n) is 4.04. The van der Waals surface area contributed by atoms with Crippen molar-refractivity contribution in [1.29, 1.82) is 0 Å². The van der Waals surface area contributed by atoms with Crippen LogP contribution >= 0.6 is 0 Å². The minimum atomic E-state index is -1.13. The average Bonchev–Trinajstić information content (AvgIpc) is 2.84. The molecule has 0 fully saturated rings. The van der Waals surface area contributed by atoms with Gasteiger partial charge in [0, 0.05) is 19.5 Å². The van der Waals surface area contributed by atoms with Crippen LogP contribution in [-0.2, 0) is 13.5 Å². The van der Waals surface area contributed by atoms with E-state index in [0.717, 1.165) is 5.69 Å². The molecule has 3 rings (SSSR count). The molecule has 7 heteroatoms. The molecule has 0 amide bonds. The Morgan fingerprint density at radius 2 is 2.47 bits per heavy atom. The van der Waals surface area contributed by atoms with Crippen LogP contribution in [0.25, 0.3) is 11.5 Å². The largest absolute Gasteiger partial charge is 0.476 e. The number of aromatic carboxylic acids is 1. The number of aryl methyl sites for hydroxylation is 1. The third kappa shape index (κ3) is 1.22. The lowest BCUT2D eigenvalue weighted by Crippen LogP contribution is -2.21. The number of carboxylic acid groups (broad SMARTS) is 1. The zero-order valence-electron chi connectivity index (χ0n) is 9.04. The third-order valence-corrected chi connectivity index (χ3v) is 2.99. The normalized spacial score (nSPS) is 17.6. The van der Waals surface area contributed by atoms with Gasteiger partial charge in [0.15, 0.2) is 11.5 Å². The van der Waals surface area contributed by atoms with Gasteiger partial charge in [-0.05, 0) is 0 Å². The van der Waals surface area contributed by atoms with Crippen molar-refractivity contribution in [1.82, 2.24) is 14.7 Å². The number of fused-ring (bicyclic) bond motifs is 3. The van der Waals surface area contributed by atoms with Crippen molar-refractivity contribution in [3.05, 3.63) is 23.3 Å². The van der Waals surface area contributed by atoms with Crippen LogP contribution in [0.15, 0.2) is 10.9 Å². The first-order valence-corrected chi connectivity index (χ1v) is 5.08. The van der Waals surface area contributed by atoms with Gasteiger partial charge in [-0.15, -0.1) is 0 Å². The van der Waals surface area contributed by atoms with Crippen LogP contribution < -0.4 is 5.73 Å². The van der Waals surface area contributed by atoms with E-state index in [1.165, 1.54) is 0 Å². The van der Waals surface area contributed by atoms with E-state index < -0.39 is 12.0 Å². The molecule has 2 aromatic rings. The summed E-state index contributed by atoms with van der Waals surface area (Å²) in [6.07, 6.45) is 2.18. The van der Waals surface area contributed by atoms with Crippen molar-refractivity contribution in [3.8, 4) is 11.5 Å². The lowest BCUT2D eigenvalue weighted by atomic mass is 9.92. The maximum atomic E-state index is 11.0. The minimum absolute atomic E-state index is 0.121. The molecule has 2 heterocycles. The molecule has 7 nitrogen and oxygen atoms in total. The number of carboxylic acids is 1. The highest BCUT2D eigenvalue weighted by molar-refractivity contribution is 5.89. The van der Waals surface area contributed by atoms with Gasteiger partial charge in [-0.2, -0.15) is 0 Å². The zero-order chi connectivity index (χ0) is 12.2. The zero-order valence-corrected chi connectivity index (χ0v) is 9.04. The second-order valence-corrected chi connectivity index (χ2v) is 4.04. The number of rotatable bonds is 1. The lowest BCUT2D eigenvalue weighted by Gasteiger charge is -2.17. The molecule has 1 aliphatic carbocycles. The Kier molecular flexibility index (Phi) is 1.87. The molecule has 0 radical (unpaired) electrons. The van der Waals surface area contributed by atoms with Gasteiger partial charge in [0.05, 0.1) is 17.6 Å². The Balaban J connectivity index is 2.27. The second kappa shape index (κ2) is 3.17. The maximum absolute atomic E-state index is 11.0. The molecule has 1 atom stereocenters. The predicted molar refractivity (Wildman–Crippen MR) is 56.3 cm³/mol. The molecule has 1 unspecified atom stereocenters. The average molecular weight is 234 g/mol. The molecule has 88 valence electrons. The Morgan fingerprint density at radius 3 is 3.18 bits per heavy atom. The number of aromatic nitrogens is 3. The van der Waals surface area contributed by atoms with Gasteiger partial charge in [-0.25, -0.2) is 9.78 Å². The molecule has 17 heavy (non-hydrogen) atoms. The summed E-state index contributed by atoms with van der Waals surface area (Å²) < 4.78 is 6.92. The predicted octanol–water partition coefficient (Wildman–Crippen LogP) is 0.329. The van der Waals surface area contributed by atoms with Gasteiger partial charge >= 0.3 is 5.97 Å². The van der Waals surface area contributed by atoms with Crippen molar-refractivity contribution in [3.63, 3.8) is 0 Å². The molecule has 2 aromatic heterocycles. The van der Waals surface area contributed by atoms with E-state index in [2.05, 4.69) is 10.1 Å². The van der Waals surface area contributed by atoms with Crippen molar-refractivity contribution >= 4 is 5.97 Å². The SMILES string of the molecule is Cn1cnc2c1CC(N)c1c(C(=O)O)noc1-2. The molecule has 0 aromatic carbocycles. The summed E-state index contributed by atoms with van der Waals surface area (Å²) in [5.74, 6) is -0.762. The highest BCUT2D eigenvalue weighted by Gasteiger charge is 2.34. The maximum Gasteiger partial charge on any atom is 0.358 e. The molecule has 0 saturated carbocycles. The van der Waals surface area contributed by atoms with E-state index in [-0.39, 0.29) is 5.69 Å². The quantitative estimate of drug-likeness (QED) is 0.736. The summed E-state index contributed by atoms with van der Waals surface area (Å²) in [4.78, 5) is 15.2. The van der Waals surface area contributed by atoms with Gasteiger partial charge in [0.25, 0.3) is 0 Å². The summed E-state index contributed by atoms with van der Waals surface area (Å²) in [5.41, 5.74) is 7.84. The smallest absolute Gasteiger partial charge is 0.358 e. The molecule has 1 aliphatic rings. The van der Waals surface area contributed by atoms with Crippen molar-refractivity contribution in [2.75, 3.05) is 0 Å². The van der Waals surface area contributed by atoms with Crippen LogP contribution in [0.1, 0.15) is 27.8 Å². The third-order valence-electron chi connectivity index (χ3n) is 2.99. The van der Waals surface area contributed by atoms with Crippen LogP contribution in [0.3, 0.4) is 0 Å². The Bertz CT molecular complexity index is 613. The molecule has 0 saturated heterocycles.